The van der Waals surface area contributed by atoms with E-state index < -0.39 is 35.6 Å². The van der Waals surface area contributed by atoms with E-state index in [1.54, 1.807) is 18.2 Å². The third-order valence-corrected chi connectivity index (χ3v) is 5.60. The maximum atomic E-state index is 13.1. The third-order valence-electron chi connectivity index (χ3n) is 5.60. The first kappa shape index (κ1) is 22.8. The predicted octanol–water partition coefficient (Wildman–Crippen LogP) is 0.281. The Kier molecular flexibility index (Phi) is 6.48. The molecular formula is C22H23N7O5. The Morgan fingerprint density at radius 3 is 2.50 bits per heavy atom. The first-order valence-corrected chi connectivity index (χ1v) is 10.8. The molecule has 1 aromatic heterocycles. The number of unbranched alkanes of at least 4 members (excludes halogenated alkanes) is 1. The fourth-order valence-electron chi connectivity index (χ4n) is 3.90. The number of aromatic nitrogens is 2. The van der Waals surface area contributed by atoms with E-state index in [1.807, 2.05) is 0 Å². The number of carbonyl (C=O) groups excluding carboxylic acids is 5. The molecule has 1 atom stereocenters. The Morgan fingerprint density at radius 1 is 1.06 bits per heavy atom. The maximum absolute atomic E-state index is 13.1. The van der Waals surface area contributed by atoms with E-state index >= 15 is 0 Å². The molecule has 176 valence electrons. The van der Waals surface area contributed by atoms with Crippen molar-refractivity contribution in [3.05, 3.63) is 47.4 Å². The van der Waals surface area contributed by atoms with Gasteiger partial charge in [0.05, 0.1) is 23.5 Å². The molecule has 0 saturated carbocycles. The highest BCUT2D eigenvalue weighted by atomic mass is 16.2. The van der Waals surface area contributed by atoms with Gasteiger partial charge in [-0.05, 0) is 31.4 Å². The SMILES string of the molecule is NC(=O)c1cnc(NCCCCNc2cccc3c2C(=O)N(C2CCC(=O)NC2=O)C3=O)cn1. The zero-order valence-corrected chi connectivity index (χ0v) is 18.2. The van der Waals surface area contributed by atoms with Crippen LogP contribution in [0, 0.1) is 0 Å². The minimum atomic E-state index is -0.996. The van der Waals surface area contributed by atoms with Crippen LogP contribution in [0.1, 0.15) is 56.9 Å². The average Bonchev–Trinajstić information content (AvgIpc) is 3.07. The minimum absolute atomic E-state index is 0.0732. The molecule has 0 radical (unpaired) electrons. The monoisotopic (exact) mass is 465 g/mol. The molecule has 1 saturated heterocycles. The van der Waals surface area contributed by atoms with Gasteiger partial charge in [0.25, 0.3) is 17.7 Å². The van der Waals surface area contributed by atoms with Gasteiger partial charge in [0.15, 0.2) is 0 Å². The van der Waals surface area contributed by atoms with Crippen molar-refractivity contribution < 1.29 is 24.0 Å². The molecule has 0 bridgehead atoms. The lowest BCUT2D eigenvalue weighted by Crippen LogP contribution is -2.54. The number of primary amides is 1. The molecule has 4 rings (SSSR count). The summed E-state index contributed by atoms with van der Waals surface area (Å²) in [6, 6.07) is 3.95. The number of fused-ring (bicyclic) bond motifs is 1. The van der Waals surface area contributed by atoms with E-state index in [4.69, 9.17) is 5.73 Å². The first-order chi connectivity index (χ1) is 16.4. The van der Waals surface area contributed by atoms with E-state index in [-0.39, 0.29) is 29.7 Å². The van der Waals surface area contributed by atoms with Gasteiger partial charge >= 0.3 is 0 Å². The van der Waals surface area contributed by atoms with Crippen molar-refractivity contribution in [2.45, 2.75) is 31.7 Å². The van der Waals surface area contributed by atoms with Crippen LogP contribution in [0.25, 0.3) is 0 Å². The molecule has 1 unspecified atom stereocenters. The van der Waals surface area contributed by atoms with Crippen LogP contribution in [-0.2, 0) is 9.59 Å². The summed E-state index contributed by atoms with van der Waals surface area (Å²) in [6.45, 7) is 1.16. The van der Waals surface area contributed by atoms with Gasteiger partial charge in [0, 0.05) is 25.2 Å². The molecule has 12 nitrogen and oxygen atoms in total. The Labute approximate surface area is 194 Å². The van der Waals surface area contributed by atoms with Crippen molar-refractivity contribution in [2.24, 2.45) is 5.73 Å². The molecule has 5 amide bonds. The zero-order chi connectivity index (χ0) is 24.2. The summed E-state index contributed by atoms with van der Waals surface area (Å²) in [7, 11) is 0. The number of nitrogens with one attached hydrogen (secondary N) is 3. The highest BCUT2D eigenvalue weighted by molar-refractivity contribution is 6.25. The standard InChI is InChI=1S/C22H23N7O5/c23-19(31)14-10-27-16(11-26-14)25-9-2-1-8-24-13-5-3-4-12-18(13)22(34)29(21(12)33)15-6-7-17(30)28-20(15)32/h3-5,10-11,15,24H,1-2,6-9H2,(H2,23,31)(H,25,27)(H,28,30,32). The van der Waals surface area contributed by atoms with Crippen molar-refractivity contribution >= 4 is 41.0 Å². The smallest absolute Gasteiger partial charge is 0.268 e. The Hall–Kier alpha value is -4.35. The number of imide groups is 2. The number of hydrogen-bond acceptors (Lipinski definition) is 9. The van der Waals surface area contributed by atoms with Crippen molar-refractivity contribution in [3.8, 4) is 0 Å². The van der Waals surface area contributed by atoms with Crippen LogP contribution in [0.4, 0.5) is 11.5 Å². The lowest BCUT2D eigenvalue weighted by atomic mass is 10.0. The molecule has 0 aliphatic carbocycles. The molecule has 1 fully saturated rings. The van der Waals surface area contributed by atoms with Crippen LogP contribution >= 0.6 is 0 Å². The lowest BCUT2D eigenvalue weighted by Gasteiger charge is -2.27. The molecule has 2 aromatic rings. The molecule has 2 aliphatic rings. The van der Waals surface area contributed by atoms with Gasteiger partial charge in [-0.25, -0.2) is 9.97 Å². The number of piperidine rings is 1. The first-order valence-electron chi connectivity index (χ1n) is 10.8. The van der Waals surface area contributed by atoms with Gasteiger partial charge in [-0.1, -0.05) is 6.07 Å². The molecule has 12 heteroatoms. The van der Waals surface area contributed by atoms with Crippen molar-refractivity contribution in [1.29, 1.82) is 0 Å². The van der Waals surface area contributed by atoms with Crippen molar-refractivity contribution in [2.75, 3.05) is 23.7 Å². The average molecular weight is 465 g/mol. The number of nitrogens with two attached hydrogens (primary N) is 1. The third kappa shape index (κ3) is 4.56. The maximum Gasteiger partial charge on any atom is 0.268 e. The summed E-state index contributed by atoms with van der Waals surface area (Å²) in [5.74, 6) is -2.25. The number of hydrogen-bond donors (Lipinski definition) is 4. The lowest BCUT2D eigenvalue weighted by molar-refractivity contribution is -0.136. The number of carbonyl (C=O) groups is 5. The topological polar surface area (TPSA) is 176 Å². The van der Waals surface area contributed by atoms with Gasteiger partial charge in [-0.2, -0.15) is 0 Å². The quantitative estimate of drug-likeness (QED) is 0.299. The second kappa shape index (κ2) is 9.65. The minimum Gasteiger partial charge on any atom is -0.384 e. The van der Waals surface area contributed by atoms with Crippen LogP contribution in [0.5, 0.6) is 0 Å². The number of benzene rings is 1. The molecular weight excluding hydrogens is 442 g/mol. The Morgan fingerprint density at radius 2 is 1.82 bits per heavy atom. The normalized spacial score (nSPS) is 17.4. The molecule has 5 N–H and O–H groups in total. The molecule has 0 spiro atoms. The van der Waals surface area contributed by atoms with E-state index in [1.165, 1.54) is 12.4 Å². The summed E-state index contributed by atoms with van der Waals surface area (Å²) >= 11 is 0. The van der Waals surface area contributed by atoms with Gasteiger partial charge in [0.1, 0.15) is 17.6 Å². The second-order valence-electron chi connectivity index (χ2n) is 7.89. The molecule has 2 aliphatic heterocycles. The van der Waals surface area contributed by atoms with E-state index in [0.29, 0.717) is 24.6 Å². The predicted molar refractivity (Wildman–Crippen MR) is 120 cm³/mol. The Balaban J connectivity index is 1.31. The van der Waals surface area contributed by atoms with Gasteiger partial charge in [-0.15, -0.1) is 0 Å². The van der Waals surface area contributed by atoms with Crippen LogP contribution in [0.15, 0.2) is 30.6 Å². The fraction of sp³-hybridized carbons (Fsp3) is 0.318. The van der Waals surface area contributed by atoms with Gasteiger partial charge < -0.3 is 16.4 Å². The second-order valence-corrected chi connectivity index (χ2v) is 7.89. The molecule has 34 heavy (non-hydrogen) atoms. The number of anilines is 2. The van der Waals surface area contributed by atoms with Crippen LogP contribution < -0.4 is 21.7 Å². The molecule has 3 heterocycles. The van der Waals surface area contributed by atoms with Gasteiger partial charge in [0.2, 0.25) is 11.8 Å². The van der Waals surface area contributed by atoms with E-state index in [2.05, 4.69) is 25.9 Å². The molecule has 1 aromatic carbocycles. The van der Waals surface area contributed by atoms with Crippen LogP contribution in [-0.4, -0.2) is 63.5 Å². The summed E-state index contributed by atoms with van der Waals surface area (Å²) in [5, 5.41) is 8.48. The van der Waals surface area contributed by atoms with Crippen LogP contribution in [0.3, 0.4) is 0 Å². The van der Waals surface area contributed by atoms with Crippen molar-refractivity contribution in [1.82, 2.24) is 20.2 Å². The fourth-order valence-corrected chi connectivity index (χ4v) is 3.90. The van der Waals surface area contributed by atoms with E-state index in [9.17, 15) is 24.0 Å². The highest BCUT2D eigenvalue weighted by Gasteiger charge is 2.45. The Bertz CT molecular complexity index is 1160. The number of amides is 5. The summed E-state index contributed by atoms with van der Waals surface area (Å²) in [6.07, 6.45) is 4.45. The highest BCUT2D eigenvalue weighted by Crippen LogP contribution is 2.32. The van der Waals surface area contributed by atoms with E-state index in [0.717, 1.165) is 17.7 Å². The zero-order valence-electron chi connectivity index (χ0n) is 18.2. The van der Waals surface area contributed by atoms with Crippen molar-refractivity contribution in [3.63, 3.8) is 0 Å². The number of rotatable bonds is 9. The summed E-state index contributed by atoms with van der Waals surface area (Å²) < 4.78 is 0. The number of nitrogens with zero attached hydrogens (tertiary/aromatic N) is 3. The summed E-state index contributed by atoms with van der Waals surface area (Å²) in [4.78, 5) is 69.5. The largest absolute Gasteiger partial charge is 0.384 e. The summed E-state index contributed by atoms with van der Waals surface area (Å²) in [5.41, 5.74) is 6.22. The van der Waals surface area contributed by atoms with Gasteiger partial charge in [-0.3, -0.25) is 34.2 Å². The van der Waals surface area contributed by atoms with Crippen LogP contribution in [0.2, 0.25) is 0 Å².